The van der Waals surface area contributed by atoms with Crippen molar-refractivity contribution in [2.45, 2.75) is 57.7 Å². The Morgan fingerprint density at radius 3 is 2.65 bits per heavy atom. The molecule has 4 aromatic rings. The summed E-state index contributed by atoms with van der Waals surface area (Å²) >= 11 is 0. The Morgan fingerprint density at radius 1 is 1.16 bits per heavy atom. The third kappa shape index (κ3) is 3.30. The molecule has 0 radical (unpaired) electrons. The zero-order valence-electron chi connectivity index (χ0n) is 18.7. The number of pyridine rings is 1. The predicted octanol–water partition coefficient (Wildman–Crippen LogP) is 3.13. The first kappa shape index (κ1) is 20.1. The number of nitrogens with two attached hydrogens (primary N) is 1. The lowest BCUT2D eigenvalue weighted by atomic mass is 9.79. The third-order valence-electron chi connectivity index (χ3n) is 6.81. The van der Waals surface area contributed by atoms with Gasteiger partial charge in [-0.3, -0.25) is 0 Å². The SMILES string of the molecule is CCn1c(C)nc2ccc(-c3ccn4nc(C5(N)CCC(N(C)C)CC5)ncc34)nc21. The fraction of sp³-hybridized carbons (Fsp3) is 0.478. The van der Waals surface area contributed by atoms with Gasteiger partial charge < -0.3 is 15.2 Å². The molecule has 1 aliphatic carbocycles. The molecule has 0 unspecified atom stereocenters. The number of nitrogens with zero attached hydrogens (tertiary/aromatic N) is 7. The van der Waals surface area contributed by atoms with Crippen molar-refractivity contribution in [3.05, 3.63) is 42.2 Å². The van der Waals surface area contributed by atoms with Gasteiger partial charge in [-0.1, -0.05) is 0 Å². The summed E-state index contributed by atoms with van der Waals surface area (Å²) in [4.78, 5) is 16.5. The number of imidazole rings is 1. The molecule has 1 saturated carbocycles. The van der Waals surface area contributed by atoms with Crippen LogP contribution in [0.15, 0.2) is 30.6 Å². The lowest BCUT2D eigenvalue weighted by molar-refractivity contribution is 0.167. The standard InChI is InChI=1S/C23H30N8/c1-5-30-15(2)26-19-7-6-18(27-21(19)30)17-10-13-31-20(17)14-25-22(28-31)23(24)11-8-16(9-12-23)29(3)4/h6-7,10,13-14,16H,5,8-9,11-12,24H2,1-4H3. The summed E-state index contributed by atoms with van der Waals surface area (Å²) in [5.41, 5.74) is 11.0. The number of rotatable bonds is 4. The summed E-state index contributed by atoms with van der Waals surface area (Å²) in [5.74, 6) is 1.71. The molecule has 0 aliphatic heterocycles. The molecule has 0 amide bonds. The molecule has 1 aliphatic rings. The minimum atomic E-state index is -0.465. The number of fused-ring (bicyclic) bond motifs is 2. The molecule has 4 heterocycles. The van der Waals surface area contributed by atoms with Gasteiger partial charge in [-0.2, -0.15) is 5.10 Å². The number of aryl methyl sites for hydroxylation is 2. The van der Waals surface area contributed by atoms with Gasteiger partial charge in [-0.05, 0) is 71.8 Å². The maximum Gasteiger partial charge on any atom is 0.169 e. The quantitative estimate of drug-likeness (QED) is 0.548. The lowest BCUT2D eigenvalue weighted by Crippen LogP contribution is -2.46. The highest BCUT2D eigenvalue weighted by atomic mass is 15.3. The van der Waals surface area contributed by atoms with E-state index in [9.17, 15) is 0 Å². The maximum atomic E-state index is 6.77. The second-order valence-corrected chi connectivity index (χ2v) is 8.93. The van der Waals surface area contributed by atoms with Crippen molar-refractivity contribution in [3.63, 3.8) is 0 Å². The Bertz CT molecular complexity index is 1240. The van der Waals surface area contributed by atoms with Crippen LogP contribution >= 0.6 is 0 Å². The molecule has 5 rings (SSSR count). The van der Waals surface area contributed by atoms with Crippen LogP contribution in [0.25, 0.3) is 27.9 Å². The highest BCUT2D eigenvalue weighted by Crippen LogP contribution is 2.35. The highest BCUT2D eigenvalue weighted by molar-refractivity contribution is 5.82. The van der Waals surface area contributed by atoms with Crippen LogP contribution in [0.1, 0.15) is 44.3 Å². The molecule has 0 saturated heterocycles. The van der Waals surface area contributed by atoms with Crippen LogP contribution in [0.3, 0.4) is 0 Å². The van der Waals surface area contributed by atoms with E-state index in [2.05, 4.69) is 35.5 Å². The number of hydrogen-bond donors (Lipinski definition) is 1. The number of aromatic nitrogens is 6. The van der Waals surface area contributed by atoms with Crippen LogP contribution in [-0.4, -0.2) is 54.2 Å². The van der Waals surface area contributed by atoms with Crippen molar-refractivity contribution in [1.29, 1.82) is 0 Å². The Labute approximate surface area is 182 Å². The molecule has 0 spiro atoms. The summed E-state index contributed by atoms with van der Waals surface area (Å²) in [6, 6.07) is 6.69. The van der Waals surface area contributed by atoms with E-state index in [1.54, 1.807) is 0 Å². The summed E-state index contributed by atoms with van der Waals surface area (Å²) in [7, 11) is 4.27. The highest BCUT2D eigenvalue weighted by Gasteiger charge is 2.36. The molecule has 4 aromatic heterocycles. The zero-order valence-corrected chi connectivity index (χ0v) is 18.7. The maximum absolute atomic E-state index is 6.77. The van der Waals surface area contributed by atoms with Gasteiger partial charge >= 0.3 is 0 Å². The molecular weight excluding hydrogens is 388 g/mol. The van der Waals surface area contributed by atoms with Gasteiger partial charge in [0.25, 0.3) is 0 Å². The fourth-order valence-electron chi connectivity index (χ4n) is 4.85. The van der Waals surface area contributed by atoms with Gasteiger partial charge in [0.1, 0.15) is 11.3 Å². The van der Waals surface area contributed by atoms with Crippen molar-refractivity contribution in [2.75, 3.05) is 14.1 Å². The van der Waals surface area contributed by atoms with Crippen LogP contribution in [0.5, 0.6) is 0 Å². The van der Waals surface area contributed by atoms with Crippen LogP contribution in [0, 0.1) is 6.92 Å². The van der Waals surface area contributed by atoms with E-state index in [0.29, 0.717) is 6.04 Å². The van der Waals surface area contributed by atoms with Crippen LogP contribution in [0.4, 0.5) is 0 Å². The van der Waals surface area contributed by atoms with E-state index in [4.69, 9.17) is 20.8 Å². The van der Waals surface area contributed by atoms with E-state index >= 15 is 0 Å². The van der Waals surface area contributed by atoms with Gasteiger partial charge in [0.15, 0.2) is 11.5 Å². The molecular formula is C23H30N8. The largest absolute Gasteiger partial charge is 0.319 e. The molecule has 2 N–H and O–H groups in total. The van der Waals surface area contributed by atoms with Crippen LogP contribution < -0.4 is 5.73 Å². The molecule has 0 atom stereocenters. The average molecular weight is 419 g/mol. The Kier molecular flexibility index (Phi) is 4.79. The molecule has 1 fully saturated rings. The molecule has 31 heavy (non-hydrogen) atoms. The van der Waals surface area contributed by atoms with Gasteiger partial charge in [0.05, 0.1) is 22.9 Å². The lowest BCUT2D eigenvalue weighted by Gasteiger charge is -2.38. The molecule has 162 valence electrons. The summed E-state index contributed by atoms with van der Waals surface area (Å²) in [6.07, 6.45) is 7.78. The summed E-state index contributed by atoms with van der Waals surface area (Å²) in [6.45, 7) is 4.97. The predicted molar refractivity (Wildman–Crippen MR) is 122 cm³/mol. The molecule has 0 bridgehead atoms. The van der Waals surface area contributed by atoms with Crippen LogP contribution in [0.2, 0.25) is 0 Å². The Morgan fingerprint density at radius 2 is 1.94 bits per heavy atom. The molecule has 8 nitrogen and oxygen atoms in total. The van der Waals surface area contributed by atoms with Gasteiger partial charge in [0.2, 0.25) is 0 Å². The van der Waals surface area contributed by atoms with Crippen molar-refractivity contribution < 1.29 is 0 Å². The van der Waals surface area contributed by atoms with Gasteiger partial charge in [-0.25, -0.2) is 19.5 Å². The van der Waals surface area contributed by atoms with E-state index < -0.39 is 5.54 Å². The summed E-state index contributed by atoms with van der Waals surface area (Å²) in [5, 5.41) is 4.81. The second kappa shape index (κ2) is 7.39. The first-order chi connectivity index (χ1) is 14.9. The number of hydrogen-bond acceptors (Lipinski definition) is 6. The van der Waals surface area contributed by atoms with Gasteiger partial charge in [0, 0.05) is 24.3 Å². The first-order valence-corrected chi connectivity index (χ1v) is 11.0. The van der Waals surface area contributed by atoms with E-state index in [-0.39, 0.29) is 0 Å². The van der Waals surface area contributed by atoms with Crippen molar-refractivity contribution in [2.24, 2.45) is 5.73 Å². The second-order valence-electron chi connectivity index (χ2n) is 8.93. The fourth-order valence-corrected chi connectivity index (χ4v) is 4.85. The minimum Gasteiger partial charge on any atom is -0.319 e. The Balaban J connectivity index is 1.50. The van der Waals surface area contributed by atoms with E-state index in [1.807, 2.05) is 42.0 Å². The van der Waals surface area contributed by atoms with Crippen LogP contribution in [-0.2, 0) is 12.1 Å². The Hall–Kier alpha value is -2.84. The monoisotopic (exact) mass is 418 g/mol. The molecule has 0 aromatic carbocycles. The van der Waals surface area contributed by atoms with Gasteiger partial charge in [-0.15, -0.1) is 0 Å². The normalized spacial score (nSPS) is 22.1. The summed E-state index contributed by atoms with van der Waals surface area (Å²) < 4.78 is 4.02. The van der Waals surface area contributed by atoms with E-state index in [0.717, 1.165) is 71.8 Å². The first-order valence-electron chi connectivity index (χ1n) is 11.0. The van der Waals surface area contributed by atoms with Crippen molar-refractivity contribution in [3.8, 4) is 11.3 Å². The minimum absolute atomic E-state index is 0.465. The molecule has 8 heteroatoms. The van der Waals surface area contributed by atoms with E-state index in [1.165, 1.54) is 0 Å². The smallest absolute Gasteiger partial charge is 0.169 e. The van der Waals surface area contributed by atoms with Crippen molar-refractivity contribution in [1.82, 2.24) is 34.0 Å². The van der Waals surface area contributed by atoms with Crippen molar-refractivity contribution >= 4 is 16.7 Å². The average Bonchev–Trinajstić information content (AvgIpc) is 3.32. The topological polar surface area (TPSA) is 90.2 Å². The zero-order chi connectivity index (χ0) is 21.8. The third-order valence-corrected chi connectivity index (χ3v) is 6.81.